The van der Waals surface area contributed by atoms with E-state index < -0.39 is 0 Å². The highest BCUT2D eigenvalue weighted by molar-refractivity contribution is 5.25. The van der Waals surface area contributed by atoms with Crippen molar-refractivity contribution in [2.75, 3.05) is 20.3 Å². The zero-order chi connectivity index (χ0) is 12.8. The van der Waals surface area contributed by atoms with E-state index in [9.17, 15) is 0 Å². The normalized spacial score (nSPS) is 21.8. The summed E-state index contributed by atoms with van der Waals surface area (Å²) in [6.07, 6.45) is 4.60. The van der Waals surface area contributed by atoms with Gasteiger partial charge in [-0.1, -0.05) is 24.3 Å². The topological polar surface area (TPSA) is 44.5 Å². The van der Waals surface area contributed by atoms with Crippen molar-refractivity contribution in [1.82, 2.24) is 0 Å². The van der Waals surface area contributed by atoms with E-state index in [1.54, 1.807) is 7.11 Å². The van der Waals surface area contributed by atoms with E-state index in [2.05, 4.69) is 24.3 Å². The molecule has 3 nitrogen and oxygen atoms in total. The van der Waals surface area contributed by atoms with Gasteiger partial charge in [0.05, 0.1) is 18.8 Å². The molecule has 1 saturated heterocycles. The summed E-state index contributed by atoms with van der Waals surface area (Å²) in [5.41, 5.74) is 8.73. The van der Waals surface area contributed by atoms with Gasteiger partial charge in [-0.25, -0.2) is 0 Å². The van der Waals surface area contributed by atoms with Crippen molar-refractivity contribution in [3.8, 4) is 0 Å². The minimum absolute atomic E-state index is 0.00164. The lowest BCUT2D eigenvalue weighted by Crippen LogP contribution is -2.31. The van der Waals surface area contributed by atoms with Crippen LogP contribution >= 0.6 is 0 Å². The van der Waals surface area contributed by atoms with E-state index in [-0.39, 0.29) is 12.1 Å². The molecule has 1 aromatic rings. The highest BCUT2D eigenvalue weighted by Crippen LogP contribution is 2.24. The van der Waals surface area contributed by atoms with Crippen LogP contribution in [0.5, 0.6) is 0 Å². The molecule has 18 heavy (non-hydrogen) atoms. The van der Waals surface area contributed by atoms with Gasteiger partial charge in [-0.2, -0.15) is 0 Å². The first kappa shape index (κ1) is 13.5. The highest BCUT2D eigenvalue weighted by Gasteiger charge is 2.22. The molecule has 0 amide bonds. The third-order valence-corrected chi connectivity index (χ3v) is 3.57. The SMILES string of the molecule is COCCc1ccc(C(N)C2CCCCO2)cc1. The zero-order valence-corrected chi connectivity index (χ0v) is 11.1. The molecule has 2 atom stereocenters. The second-order valence-electron chi connectivity index (χ2n) is 4.92. The number of hydrogen-bond donors (Lipinski definition) is 1. The minimum Gasteiger partial charge on any atom is -0.384 e. The van der Waals surface area contributed by atoms with Crippen molar-refractivity contribution in [2.24, 2.45) is 5.73 Å². The summed E-state index contributed by atoms with van der Waals surface area (Å²) in [5, 5.41) is 0. The molecule has 1 fully saturated rings. The first-order valence-corrected chi connectivity index (χ1v) is 6.76. The van der Waals surface area contributed by atoms with Gasteiger partial charge in [-0.05, 0) is 36.8 Å². The molecule has 1 heterocycles. The molecule has 0 aliphatic carbocycles. The van der Waals surface area contributed by atoms with Crippen LogP contribution in [0.3, 0.4) is 0 Å². The summed E-state index contributed by atoms with van der Waals surface area (Å²) in [6.45, 7) is 1.61. The number of ether oxygens (including phenoxy) is 2. The van der Waals surface area contributed by atoms with Gasteiger partial charge in [-0.3, -0.25) is 0 Å². The Hall–Kier alpha value is -0.900. The Bertz CT molecular complexity index is 344. The molecule has 2 N–H and O–H groups in total. The lowest BCUT2D eigenvalue weighted by molar-refractivity contribution is 0.00000973. The Morgan fingerprint density at radius 1 is 1.33 bits per heavy atom. The second-order valence-corrected chi connectivity index (χ2v) is 4.92. The molecule has 1 aliphatic heterocycles. The van der Waals surface area contributed by atoms with Gasteiger partial charge < -0.3 is 15.2 Å². The lowest BCUT2D eigenvalue weighted by Gasteiger charge is -2.28. The quantitative estimate of drug-likeness (QED) is 0.871. The van der Waals surface area contributed by atoms with Gasteiger partial charge >= 0.3 is 0 Å². The van der Waals surface area contributed by atoms with Crippen molar-refractivity contribution in [2.45, 2.75) is 37.8 Å². The van der Waals surface area contributed by atoms with Crippen LogP contribution in [0.25, 0.3) is 0 Å². The molecule has 0 radical (unpaired) electrons. The van der Waals surface area contributed by atoms with Crippen LogP contribution in [0.4, 0.5) is 0 Å². The van der Waals surface area contributed by atoms with Gasteiger partial charge in [0.1, 0.15) is 0 Å². The third-order valence-electron chi connectivity index (χ3n) is 3.57. The summed E-state index contributed by atoms with van der Waals surface area (Å²) in [6, 6.07) is 8.51. The maximum Gasteiger partial charge on any atom is 0.0767 e. The number of rotatable bonds is 5. The van der Waals surface area contributed by atoms with Crippen LogP contribution < -0.4 is 5.73 Å². The summed E-state index contributed by atoms with van der Waals surface area (Å²) < 4.78 is 10.8. The van der Waals surface area contributed by atoms with Crippen molar-refractivity contribution < 1.29 is 9.47 Å². The first-order valence-electron chi connectivity index (χ1n) is 6.76. The average Bonchev–Trinajstić information content (AvgIpc) is 2.46. The first-order chi connectivity index (χ1) is 8.81. The van der Waals surface area contributed by atoms with Crippen LogP contribution in [0, 0.1) is 0 Å². The molecule has 2 rings (SSSR count). The van der Waals surface area contributed by atoms with Crippen LogP contribution in [0.1, 0.15) is 36.4 Å². The Kier molecular flexibility index (Phi) is 5.17. The molecule has 1 aliphatic rings. The Balaban J connectivity index is 1.95. The fourth-order valence-electron chi connectivity index (χ4n) is 2.39. The maximum absolute atomic E-state index is 6.27. The van der Waals surface area contributed by atoms with Gasteiger partial charge in [0.25, 0.3) is 0 Å². The Labute approximate surface area is 109 Å². The van der Waals surface area contributed by atoms with Crippen LogP contribution in [-0.2, 0) is 15.9 Å². The third kappa shape index (κ3) is 3.55. The van der Waals surface area contributed by atoms with Gasteiger partial charge in [0.2, 0.25) is 0 Å². The summed E-state index contributed by atoms with van der Waals surface area (Å²) >= 11 is 0. The van der Waals surface area contributed by atoms with Crippen molar-refractivity contribution in [3.63, 3.8) is 0 Å². The Morgan fingerprint density at radius 2 is 2.11 bits per heavy atom. The number of benzene rings is 1. The molecule has 0 aromatic heterocycles. The van der Waals surface area contributed by atoms with Crippen molar-refractivity contribution in [1.29, 1.82) is 0 Å². The molecular weight excluding hydrogens is 226 g/mol. The largest absolute Gasteiger partial charge is 0.384 e. The van der Waals surface area contributed by atoms with E-state index in [0.717, 1.165) is 26.1 Å². The number of methoxy groups -OCH3 is 1. The summed E-state index contributed by atoms with van der Waals surface area (Å²) in [7, 11) is 1.73. The molecule has 2 unspecified atom stereocenters. The molecule has 3 heteroatoms. The van der Waals surface area contributed by atoms with Gasteiger partial charge in [0.15, 0.2) is 0 Å². The monoisotopic (exact) mass is 249 g/mol. The van der Waals surface area contributed by atoms with Crippen LogP contribution in [0.2, 0.25) is 0 Å². The number of nitrogens with two attached hydrogens (primary N) is 1. The summed E-state index contributed by atoms with van der Waals surface area (Å²) in [5.74, 6) is 0. The fraction of sp³-hybridized carbons (Fsp3) is 0.600. The average molecular weight is 249 g/mol. The van der Waals surface area contributed by atoms with Gasteiger partial charge in [0, 0.05) is 13.7 Å². The molecule has 0 saturated carbocycles. The zero-order valence-electron chi connectivity index (χ0n) is 11.1. The minimum atomic E-state index is 0.00164. The molecule has 0 bridgehead atoms. The predicted octanol–water partition coefficient (Wildman–Crippen LogP) is 2.44. The van der Waals surface area contributed by atoms with Crippen LogP contribution in [0.15, 0.2) is 24.3 Å². The van der Waals surface area contributed by atoms with Crippen molar-refractivity contribution in [3.05, 3.63) is 35.4 Å². The molecule has 100 valence electrons. The smallest absolute Gasteiger partial charge is 0.0767 e. The lowest BCUT2D eigenvalue weighted by atomic mass is 9.95. The standard InChI is InChI=1S/C15H23NO2/c1-17-11-9-12-5-7-13(8-6-12)15(16)14-4-2-3-10-18-14/h5-8,14-15H,2-4,9-11,16H2,1H3. The summed E-state index contributed by atoms with van der Waals surface area (Å²) in [4.78, 5) is 0. The van der Waals surface area contributed by atoms with E-state index in [1.165, 1.54) is 24.0 Å². The van der Waals surface area contributed by atoms with Crippen molar-refractivity contribution >= 4 is 0 Å². The van der Waals surface area contributed by atoms with E-state index in [0.29, 0.717) is 0 Å². The van der Waals surface area contributed by atoms with E-state index in [1.807, 2.05) is 0 Å². The fourth-order valence-corrected chi connectivity index (χ4v) is 2.39. The number of hydrogen-bond acceptors (Lipinski definition) is 3. The molecule has 0 spiro atoms. The molecular formula is C15H23NO2. The van der Waals surface area contributed by atoms with E-state index >= 15 is 0 Å². The van der Waals surface area contributed by atoms with E-state index in [4.69, 9.17) is 15.2 Å². The second kappa shape index (κ2) is 6.88. The highest BCUT2D eigenvalue weighted by atomic mass is 16.5. The van der Waals surface area contributed by atoms with Gasteiger partial charge in [-0.15, -0.1) is 0 Å². The Morgan fingerprint density at radius 3 is 2.72 bits per heavy atom. The predicted molar refractivity (Wildman–Crippen MR) is 72.5 cm³/mol. The molecule has 1 aromatic carbocycles. The maximum atomic E-state index is 6.27. The van der Waals surface area contributed by atoms with Crippen LogP contribution in [-0.4, -0.2) is 26.4 Å².